The molecular formula is C30H33N3O5. The Labute approximate surface area is 222 Å². The minimum absolute atomic E-state index is 0.0559. The van der Waals surface area contributed by atoms with E-state index in [-0.39, 0.29) is 12.0 Å². The maximum Gasteiger partial charge on any atom is 0.410 e. The van der Waals surface area contributed by atoms with E-state index in [4.69, 9.17) is 14.2 Å². The van der Waals surface area contributed by atoms with Gasteiger partial charge in [-0.25, -0.2) is 9.78 Å². The number of carbonyl (C=O) groups is 2. The number of hydrogen-bond donors (Lipinski definition) is 1. The van der Waals surface area contributed by atoms with Crippen molar-refractivity contribution in [2.45, 2.75) is 64.2 Å². The summed E-state index contributed by atoms with van der Waals surface area (Å²) in [5.74, 6) is 1.70. The molecule has 3 heterocycles. The lowest BCUT2D eigenvalue weighted by Gasteiger charge is -2.28. The molecule has 0 aliphatic carbocycles. The quantitative estimate of drug-likeness (QED) is 0.430. The minimum Gasteiger partial charge on any atom is -0.485 e. The summed E-state index contributed by atoms with van der Waals surface area (Å²) in [5, 5.41) is 2.86. The van der Waals surface area contributed by atoms with Crippen molar-refractivity contribution in [3.05, 3.63) is 78.0 Å². The average molecular weight is 516 g/mol. The number of amides is 2. The SMILES string of the molecule is CC(C)(C)OC(=O)N1CCC[C@H]1C(=O)Nc1ccc(Oc2ccc3c(c2)CCC(c2ccccc2)O3)nc1. The summed E-state index contributed by atoms with van der Waals surface area (Å²) in [6.45, 7) is 5.93. The maximum absolute atomic E-state index is 12.9. The van der Waals surface area contributed by atoms with Gasteiger partial charge in [-0.2, -0.15) is 0 Å². The van der Waals surface area contributed by atoms with Gasteiger partial charge in [0, 0.05) is 12.6 Å². The number of fused-ring (bicyclic) bond motifs is 1. The molecule has 198 valence electrons. The molecule has 2 aliphatic heterocycles. The van der Waals surface area contributed by atoms with Crippen LogP contribution in [0.5, 0.6) is 17.4 Å². The zero-order valence-corrected chi connectivity index (χ0v) is 22.0. The van der Waals surface area contributed by atoms with Crippen molar-refractivity contribution in [3.63, 3.8) is 0 Å². The summed E-state index contributed by atoms with van der Waals surface area (Å²) in [6, 6.07) is 18.9. The van der Waals surface area contributed by atoms with Crippen molar-refractivity contribution in [1.82, 2.24) is 9.88 Å². The normalized spacial score (nSPS) is 18.8. The van der Waals surface area contributed by atoms with E-state index in [2.05, 4.69) is 22.4 Å². The molecule has 2 aliphatic rings. The number of carbonyl (C=O) groups excluding carboxylic acids is 2. The highest BCUT2D eigenvalue weighted by Gasteiger charge is 2.36. The Morgan fingerprint density at radius 2 is 1.87 bits per heavy atom. The first-order valence-electron chi connectivity index (χ1n) is 13.0. The Hall–Kier alpha value is -4.07. The van der Waals surface area contributed by atoms with Crippen LogP contribution in [0.25, 0.3) is 0 Å². The second-order valence-electron chi connectivity index (χ2n) is 10.6. The smallest absolute Gasteiger partial charge is 0.410 e. The Balaban J connectivity index is 1.18. The molecule has 5 rings (SSSR count). The van der Waals surface area contributed by atoms with Gasteiger partial charge in [0.15, 0.2) is 0 Å². The molecule has 1 N–H and O–H groups in total. The highest BCUT2D eigenvalue weighted by Crippen LogP contribution is 2.37. The molecule has 2 atom stereocenters. The minimum atomic E-state index is -0.615. The van der Waals surface area contributed by atoms with E-state index >= 15 is 0 Å². The van der Waals surface area contributed by atoms with Crippen LogP contribution in [0.1, 0.15) is 57.3 Å². The Morgan fingerprint density at radius 3 is 2.61 bits per heavy atom. The van der Waals surface area contributed by atoms with Crippen LogP contribution in [0.15, 0.2) is 66.9 Å². The van der Waals surface area contributed by atoms with Crippen LogP contribution in [-0.2, 0) is 16.0 Å². The molecule has 1 fully saturated rings. The van der Waals surface area contributed by atoms with Gasteiger partial charge >= 0.3 is 6.09 Å². The number of nitrogens with one attached hydrogen (secondary N) is 1. The lowest BCUT2D eigenvalue weighted by molar-refractivity contribution is -0.120. The molecule has 0 bridgehead atoms. The van der Waals surface area contributed by atoms with Gasteiger partial charge < -0.3 is 19.5 Å². The highest BCUT2D eigenvalue weighted by atomic mass is 16.6. The van der Waals surface area contributed by atoms with Gasteiger partial charge in [-0.05, 0) is 81.8 Å². The summed E-state index contributed by atoms with van der Waals surface area (Å²) < 4.78 is 17.6. The van der Waals surface area contributed by atoms with Crippen LogP contribution in [0.4, 0.5) is 10.5 Å². The number of benzene rings is 2. The first kappa shape index (κ1) is 25.6. The second-order valence-corrected chi connectivity index (χ2v) is 10.6. The standard InChI is InChI=1S/C30H33N3O5/c1-30(2,3)38-29(35)33-17-7-10-24(33)28(34)32-22-12-16-27(31-19-22)36-23-13-15-26-21(18-23)11-14-25(37-26)20-8-5-4-6-9-20/h4-6,8-9,12-13,15-16,18-19,24-25H,7,10-11,14,17H2,1-3H3,(H,32,34)/t24-,25?/m0/s1. The van der Waals surface area contributed by atoms with Gasteiger partial charge in [0.2, 0.25) is 11.8 Å². The largest absolute Gasteiger partial charge is 0.485 e. The van der Waals surface area contributed by atoms with Crippen LogP contribution < -0.4 is 14.8 Å². The number of aryl methyl sites for hydroxylation is 1. The third kappa shape index (κ3) is 6.07. The fraction of sp³-hybridized carbons (Fsp3) is 0.367. The van der Waals surface area contributed by atoms with Gasteiger partial charge in [-0.15, -0.1) is 0 Å². The van der Waals surface area contributed by atoms with E-state index in [0.29, 0.717) is 30.3 Å². The summed E-state index contributed by atoms with van der Waals surface area (Å²) in [7, 11) is 0. The third-order valence-electron chi connectivity index (χ3n) is 6.56. The van der Waals surface area contributed by atoms with Crippen molar-refractivity contribution in [2.75, 3.05) is 11.9 Å². The van der Waals surface area contributed by atoms with Gasteiger partial charge in [-0.1, -0.05) is 30.3 Å². The number of rotatable bonds is 5. The number of pyridine rings is 1. The monoisotopic (exact) mass is 515 g/mol. The van der Waals surface area contributed by atoms with Gasteiger partial charge in [0.1, 0.15) is 29.2 Å². The Bertz CT molecular complexity index is 1290. The van der Waals surface area contributed by atoms with Crippen molar-refractivity contribution < 1.29 is 23.8 Å². The molecule has 8 heteroatoms. The molecule has 2 aromatic carbocycles. The van der Waals surface area contributed by atoms with E-state index in [9.17, 15) is 9.59 Å². The van der Waals surface area contributed by atoms with Crippen LogP contribution >= 0.6 is 0 Å². The predicted molar refractivity (Wildman–Crippen MR) is 143 cm³/mol. The number of aromatic nitrogens is 1. The van der Waals surface area contributed by atoms with E-state index in [1.807, 2.05) is 57.2 Å². The topological polar surface area (TPSA) is 90.0 Å². The molecule has 3 aromatic rings. The molecular weight excluding hydrogens is 482 g/mol. The first-order valence-corrected chi connectivity index (χ1v) is 13.0. The Kier molecular flexibility index (Phi) is 7.22. The lowest BCUT2D eigenvalue weighted by atomic mass is 9.97. The number of hydrogen-bond acceptors (Lipinski definition) is 6. The number of likely N-dealkylation sites (tertiary alicyclic amines) is 1. The van der Waals surface area contributed by atoms with Gasteiger partial charge in [-0.3, -0.25) is 9.69 Å². The molecule has 0 spiro atoms. The van der Waals surface area contributed by atoms with Crippen molar-refractivity contribution in [2.24, 2.45) is 0 Å². The summed E-state index contributed by atoms with van der Waals surface area (Å²) >= 11 is 0. The molecule has 1 aromatic heterocycles. The first-order chi connectivity index (χ1) is 18.2. The molecule has 1 unspecified atom stereocenters. The van der Waals surface area contributed by atoms with Crippen LogP contribution in [0.2, 0.25) is 0 Å². The van der Waals surface area contributed by atoms with Crippen LogP contribution in [0, 0.1) is 0 Å². The fourth-order valence-electron chi connectivity index (χ4n) is 4.77. The van der Waals surface area contributed by atoms with Crippen molar-refractivity contribution in [1.29, 1.82) is 0 Å². The second kappa shape index (κ2) is 10.7. The number of anilines is 1. The summed E-state index contributed by atoms with van der Waals surface area (Å²) in [6.07, 6.45) is 4.27. The van der Waals surface area contributed by atoms with E-state index in [1.165, 1.54) is 10.5 Å². The van der Waals surface area contributed by atoms with Crippen LogP contribution in [-0.4, -0.2) is 40.1 Å². The lowest BCUT2D eigenvalue weighted by Crippen LogP contribution is -2.45. The van der Waals surface area contributed by atoms with E-state index in [1.54, 1.807) is 18.3 Å². The molecule has 1 saturated heterocycles. The van der Waals surface area contributed by atoms with E-state index < -0.39 is 17.7 Å². The highest BCUT2D eigenvalue weighted by molar-refractivity contribution is 5.96. The van der Waals surface area contributed by atoms with Gasteiger partial charge in [0.25, 0.3) is 0 Å². The van der Waals surface area contributed by atoms with Crippen molar-refractivity contribution in [3.8, 4) is 17.4 Å². The maximum atomic E-state index is 12.9. The van der Waals surface area contributed by atoms with Crippen LogP contribution in [0.3, 0.4) is 0 Å². The Morgan fingerprint density at radius 1 is 1.05 bits per heavy atom. The zero-order valence-electron chi connectivity index (χ0n) is 22.0. The number of nitrogens with zero attached hydrogens (tertiary/aromatic N) is 2. The molecule has 0 saturated carbocycles. The zero-order chi connectivity index (χ0) is 26.7. The summed E-state index contributed by atoms with van der Waals surface area (Å²) in [4.78, 5) is 31.2. The molecule has 8 nitrogen and oxygen atoms in total. The predicted octanol–water partition coefficient (Wildman–Crippen LogP) is 6.28. The average Bonchev–Trinajstić information content (AvgIpc) is 3.40. The summed E-state index contributed by atoms with van der Waals surface area (Å²) in [5.41, 5.74) is 2.20. The third-order valence-corrected chi connectivity index (χ3v) is 6.56. The molecule has 38 heavy (non-hydrogen) atoms. The fourth-order valence-corrected chi connectivity index (χ4v) is 4.77. The van der Waals surface area contributed by atoms with Crippen molar-refractivity contribution >= 4 is 17.7 Å². The van der Waals surface area contributed by atoms with Gasteiger partial charge in [0.05, 0.1) is 11.9 Å². The molecule has 0 radical (unpaired) electrons. The van der Waals surface area contributed by atoms with E-state index in [0.717, 1.165) is 30.6 Å². The number of ether oxygens (including phenoxy) is 3. The molecule has 2 amide bonds.